The summed E-state index contributed by atoms with van der Waals surface area (Å²) in [5, 5.41) is 0.612. The number of carbonyl (C=O) groups excluding carboxylic acids is 2. The van der Waals surface area contributed by atoms with Gasteiger partial charge in [0.25, 0.3) is 0 Å². The number of carbonyl (C=O) groups is 2. The second-order valence-corrected chi connectivity index (χ2v) is 6.34. The Kier molecular flexibility index (Phi) is 4.86. The fourth-order valence-corrected chi connectivity index (χ4v) is 3.00. The Morgan fingerprint density at radius 2 is 1.88 bits per heavy atom. The van der Waals surface area contributed by atoms with E-state index in [4.69, 9.17) is 16.3 Å². The molecule has 0 aliphatic carbocycles. The third-order valence-electron chi connectivity index (χ3n) is 4.25. The van der Waals surface area contributed by atoms with Crippen molar-refractivity contribution in [2.45, 2.75) is 25.3 Å². The summed E-state index contributed by atoms with van der Waals surface area (Å²) < 4.78 is 5.12. The molecule has 2 atom stereocenters. The van der Waals surface area contributed by atoms with Crippen LogP contribution in [-0.4, -0.2) is 29.5 Å². The van der Waals surface area contributed by atoms with E-state index in [2.05, 4.69) is 0 Å². The summed E-state index contributed by atoms with van der Waals surface area (Å²) in [6, 6.07) is 16.6. The molecule has 2 aromatic carbocycles. The van der Waals surface area contributed by atoms with Crippen LogP contribution in [0.25, 0.3) is 0 Å². The molecule has 24 heavy (non-hydrogen) atoms. The van der Waals surface area contributed by atoms with Crippen molar-refractivity contribution in [1.82, 2.24) is 4.90 Å². The number of rotatable bonds is 4. The van der Waals surface area contributed by atoms with Gasteiger partial charge in [-0.2, -0.15) is 0 Å². The normalized spacial score (nSPS) is 18.3. The molecule has 1 aliphatic rings. The summed E-state index contributed by atoms with van der Waals surface area (Å²) in [4.78, 5) is 26.2. The Hall–Kier alpha value is -2.33. The largest absolute Gasteiger partial charge is 0.447 e. The van der Waals surface area contributed by atoms with E-state index < -0.39 is 12.0 Å². The molecule has 0 bridgehead atoms. The zero-order valence-electron chi connectivity index (χ0n) is 13.3. The predicted molar refractivity (Wildman–Crippen MR) is 92.0 cm³/mol. The number of halogens is 1. The van der Waals surface area contributed by atoms with Crippen molar-refractivity contribution >= 4 is 23.6 Å². The van der Waals surface area contributed by atoms with Crippen LogP contribution in [0.5, 0.6) is 0 Å². The van der Waals surface area contributed by atoms with Gasteiger partial charge in [-0.1, -0.05) is 54.1 Å². The average molecular weight is 344 g/mol. The Morgan fingerprint density at radius 3 is 2.54 bits per heavy atom. The highest BCUT2D eigenvalue weighted by molar-refractivity contribution is 6.30. The number of benzene rings is 2. The molecule has 1 heterocycles. The molecule has 0 spiro atoms. The van der Waals surface area contributed by atoms with Crippen LogP contribution in [0.3, 0.4) is 0 Å². The maximum Gasteiger partial charge on any atom is 0.417 e. The molecule has 0 aromatic heterocycles. The lowest BCUT2D eigenvalue weighted by Crippen LogP contribution is -2.42. The number of hydrogen-bond acceptors (Lipinski definition) is 3. The molecule has 0 radical (unpaired) electrons. The molecule has 0 N–H and O–H groups in total. The Balaban J connectivity index is 1.78. The molecule has 124 valence electrons. The van der Waals surface area contributed by atoms with Gasteiger partial charge in [0.15, 0.2) is 0 Å². The zero-order chi connectivity index (χ0) is 17.1. The number of cyclic esters (lactones) is 1. The van der Waals surface area contributed by atoms with Gasteiger partial charge in [-0.25, -0.2) is 9.69 Å². The van der Waals surface area contributed by atoms with Gasteiger partial charge in [-0.05, 0) is 36.6 Å². The summed E-state index contributed by atoms with van der Waals surface area (Å²) in [5.74, 6) is -0.688. The first-order valence-corrected chi connectivity index (χ1v) is 8.23. The highest BCUT2D eigenvalue weighted by atomic mass is 35.5. The lowest BCUT2D eigenvalue weighted by molar-refractivity contribution is -0.130. The first-order valence-electron chi connectivity index (χ1n) is 7.85. The van der Waals surface area contributed by atoms with Crippen molar-refractivity contribution < 1.29 is 14.3 Å². The maximum atomic E-state index is 12.8. The SMILES string of the molecule is C[C@@H](C(=O)N1C(=O)OC[C@@H]1Cc1ccccc1)c1ccc(Cl)cc1. The van der Waals surface area contributed by atoms with Gasteiger partial charge in [-0.15, -0.1) is 0 Å². The monoisotopic (exact) mass is 343 g/mol. The fourth-order valence-electron chi connectivity index (χ4n) is 2.87. The molecular formula is C19H18ClNO3. The number of imide groups is 1. The topological polar surface area (TPSA) is 46.6 Å². The fraction of sp³-hybridized carbons (Fsp3) is 0.263. The molecule has 2 amide bonds. The van der Waals surface area contributed by atoms with Crippen LogP contribution in [-0.2, 0) is 16.0 Å². The van der Waals surface area contributed by atoms with E-state index >= 15 is 0 Å². The second kappa shape index (κ2) is 7.05. The average Bonchev–Trinajstić information content (AvgIpc) is 2.95. The van der Waals surface area contributed by atoms with Gasteiger partial charge in [0.2, 0.25) is 5.91 Å². The summed E-state index contributed by atoms with van der Waals surface area (Å²) in [6.07, 6.45) is 0.0211. The van der Waals surface area contributed by atoms with E-state index in [9.17, 15) is 9.59 Å². The van der Waals surface area contributed by atoms with Gasteiger partial charge in [0.1, 0.15) is 6.61 Å². The van der Waals surface area contributed by atoms with E-state index in [0.717, 1.165) is 11.1 Å². The van der Waals surface area contributed by atoms with Crippen LogP contribution in [0, 0.1) is 0 Å². The van der Waals surface area contributed by atoms with Crippen LogP contribution in [0.2, 0.25) is 5.02 Å². The molecular weight excluding hydrogens is 326 g/mol. The van der Waals surface area contributed by atoms with Crippen molar-refractivity contribution in [3.05, 3.63) is 70.7 Å². The molecule has 3 rings (SSSR count). The van der Waals surface area contributed by atoms with Crippen molar-refractivity contribution in [2.75, 3.05) is 6.61 Å². The Labute approximate surface area is 146 Å². The van der Waals surface area contributed by atoms with Crippen LogP contribution < -0.4 is 0 Å². The molecule has 4 nitrogen and oxygen atoms in total. The van der Waals surface area contributed by atoms with Crippen molar-refractivity contribution in [2.24, 2.45) is 0 Å². The number of amides is 2. The minimum atomic E-state index is -0.568. The van der Waals surface area contributed by atoms with Crippen molar-refractivity contribution in [3.63, 3.8) is 0 Å². The maximum absolute atomic E-state index is 12.8. The zero-order valence-corrected chi connectivity index (χ0v) is 14.1. The molecule has 5 heteroatoms. The summed E-state index contributed by atoms with van der Waals surface area (Å²) in [7, 11) is 0. The third kappa shape index (κ3) is 3.44. The predicted octanol–water partition coefficient (Wildman–Crippen LogP) is 4.03. The standard InChI is InChI=1S/C19H18ClNO3/c1-13(15-7-9-16(20)10-8-15)18(22)21-17(12-24-19(21)23)11-14-5-3-2-4-6-14/h2-10,13,17H,11-12H2,1H3/t13-,17+/m1/s1. The minimum absolute atomic E-state index is 0.229. The number of nitrogens with zero attached hydrogens (tertiary/aromatic N) is 1. The molecule has 0 unspecified atom stereocenters. The first kappa shape index (κ1) is 16.5. The lowest BCUT2D eigenvalue weighted by atomic mass is 9.98. The van der Waals surface area contributed by atoms with Gasteiger partial charge in [0, 0.05) is 5.02 Å². The van der Waals surface area contributed by atoms with Crippen LogP contribution in [0.1, 0.15) is 24.0 Å². The van der Waals surface area contributed by atoms with Gasteiger partial charge < -0.3 is 4.74 Å². The van der Waals surface area contributed by atoms with Crippen molar-refractivity contribution in [1.29, 1.82) is 0 Å². The summed E-state index contributed by atoms with van der Waals surface area (Å²) in [6.45, 7) is 2.02. The molecule has 2 aromatic rings. The van der Waals surface area contributed by atoms with Crippen molar-refractivity contribution in [3.8, 4) is 0 Å². The quantitative estimate of drug-likeness (QED) is 0.841. The van der Waals surface area contributed by atoms with Gasteiger partial charge in [0.05, 0.1) is 12.0 Å². The van der Waals surface area contributed by atoms with E-state index in [0.29, 0.717) is 11.4 Å². The molecule has 0 saturated carbocycles. The second-order valence-electron chi connectivity index (χ2n) is 5.90. The van der Waals surface area contributed by atoms with Gasteiger partial charge >= 0.3 is 6.09 Å². The first-order chi connectivity index (χ1) is 11.6. The summed E-state index contributed by atoms with van der Waals surface area (Å²) in [5.41, 5.74) is 1.89. The van der Waals surface area contributed by atoms with E-state index in [1.807, 2.05) is 30.3 Å². The Morgan fingerprint density at radius 1 is 1.21 bits per heavy atom. The Bertz CT molecular complexity index is 730. The van der Waals surface area contributed by atoms with E-state index in [-0.39, 0.29) is 18.6 Å². The lowest BCUT2D eigenvalue weighted by Gasteiger charge is -2.23. The van der Waals surface area contributed by atoms with Crippen LogP contribution in [0.15, 0.2) is 54.6 Å². The highest BCUT2D eigenvalue weighted by Crippen LogP contribution is 2.25. The number of ether oxygens (including phenoxy) is 1. The molecule has 1 aliphatic heterocycles. The summed E-state index contributed by atoms with van der Waals surface area (Å²) >= 11 is 5.89. The molecule has 1 fully saturated rings. The van der Waals surface area contributed by atoms with E-state index in [1.54, 1.807) is 31.2 Å². The van der Waals surface area contributed by atoms with E-state index in [1.165, 1.54) is 4.90 Å². The smallest absolute Gasteiger partial charge is 0.417 e. The van der Waals surface area contributed by atoms with Crippen LogP contribution >= 0.6 is 11.6 Å². The van der Waals surface area contributed by atoms with Gasteiger partial charge in [-0.3, -0.25) is 4.79 Å². The highest BCUT2D eigenvalue weighted by Gasteiger charge is 2.39. The third-order valence-corrected chi connectivity index (χ3v) is 4.51. The molecule has 1 saturated heterocycles. The number of hydrogen-bond donors (Lipinski definition) is 0. The van der Waals surface area contributed by atoms with Crippen LogP contribution in [0.4, 0.5) is 4.79 Å². The minimum Gasteiger partial charge on any atom is -0.447 e.